The van der Waals surface area contributed by atoms with Crippen LogP contribution in [0.3, 0.4) is 0 Å². The van der Waals surface area contributed by atoms with E-state index >= 15 is 0 Å². The van der Waals surface area contributed by atoms with E-state index in [1.54, 1.807) is 13.8 Å². The van der Waals surface area contributed by atoms with E-state index in [-0.39, 0.29) is 37.4 Å². The smallest absolute Gasteiger partial charge is 0.240 e. The highest BCUT2D eigenvalue weighted by atomic mass is 16.2. The summed E-state index contributed by atoms with van der Waals surface area (Å²) < 4.78 is 0. The van der Waals surface area contributed by atoms with Crippen LogP contribution in [-0.4, -0.2) is 54.5 Å². The lowest BCUT2D eigenvalue weighted by molar-refractivity contribution is -0.128. The first-order valence-corrected chi connectivity index (χ1v) is 11.0. The van der Waals surface area contributed by atoms with E-state index in [0.29, 0.717) is 25.2 Å². The number of carbonyl (C=O) groups is 3. The van der Waals surface area contributed by atoms with Gasteiger partial charge in [-0.05, 0) is 32.1 Å². The van der Waals surface area contributed by atoms with Gasteiger partial charge in [-0.3, -0.25) is 14.4 Å². The number of nitrogens with one attached hydrogen (secondary N) is 2. The van der Waals surface area contributed by atoms with Crippen LogP contribution in [0.4, 0.5) is 0 Å². The molecule has 2 unspecified atom stereocenters. The summed E-state index contributed by atoms with van der Waals surface area (Å²) >= 11 is 0. The van der Waals surface area contributed by atoms with Crippen molar-refractivity contribution >= 4 is 17.6 Å². The molecule has 1 aliphatic carbocycles. The summed E-state index contributed by atoms with van der Waals surface area (Å²) in [6, 6.07) is -0.632. The van der Waals surface area contributed by atoms with Gasteiger partial charge < -0.3 is 27.2 Å². The van der Waals surface area contributed by atoms with Gasteiger partial charge in [0.25, 0.3) is 0 Å². The van der Waals surface area contributed by atoms with Gasteiger partial charge in [-0.15, -0.1) is 0 Å². The molecule has 0 aliphatic heterocycles. The molecule has 1 fully saturated rings. The monoisotopic (exact) mass is 416 g/mol. The third-order valence-electron chi connectivity index (χ3n) is 4.71. The zero-order valence-corrected chi connectivity index (χ0v) is 18.8. The van der Waals surface area contributed by atoms with E-state index in [0.717, 1.165) is 12.8 Å². The van der Waals surface area contributed by atoms with Crippen LogP contribution in [0, 0.1) is 5.92 Å². The van der Waals surface area contributed by atoms with Gasteiger partial charge in [-0.1, -0.05) is 40.0 Å². The number of amides is 2. The standard InChI is InChI=1S/C17H32N4O3.C2H6O.C2H6/c1-2-15(22)14(10-18)21-17(24)11-20-16(23)9-8-13(19)12-6-4-3-5-7-12;1-2-3;1-2/h12-14H,2-11,18-19H2,1H3,(H,20,23)(H,21,24);3H,2H2,1H3;1-2H3. The minimum Gasteiger partial charge on any atom is -0.397 e. The van der Waals surface area contributed by atoms with Gasteiger partial charge >= 0.3 is 0 Å². The summed E-state index contributed by atoms with van der Waals surface area (Å²) in [5.74, 6) is -0.199. The summed E-state index contributed by atoms with van der Waals surface area (Å²) in [7, 11) is 0. The molecular formula is C21H44N4O4. The van der Waals surface area contributed by atoms with Crippen LogP contribution >= 0.6 is 0 Å². The molecule has 1 aliphatic rings. The molecule has 1 rings (SSSR count). The van der Waals surface area contributed by atoms with E-state index in [9.17, 15) is 14.4 Å². The highest BCUT2D eigenvalue weighted by Gasteiger charge is 2.21. The van der Waals surface area contributed by atoms with Gasteiger partial charge in [0.1, 0.15) is 0 Å². The number of rotatable bonds is 10. The molecule has 0 aromatic rings. The molecular weight excluding hydrogens is 372 g/mol. The maximum atomic E-state index is 11.8. The lowest BCUT2D eigenvalue weighted by Crippen LogP contribution is -2.49. The molecule has 7 N–H and O–H groups in total. The lowest BCUT2D eigenvalue weighted by atomic mass is 9.82. The SMILES string of the molecule is CC.CCC(=O)C(CN)NC(=O)CNC(=O)CCC(N)C1CCCCC1.CCO. The Kier molecular flexibility index (Phi) is 20.3. The molecule has 2 atom stereocenters. The zero-order chi connectivity index (χ0) is 22.7. The average Bonchev–Trinajstić information content (AvgIpc) is 2.76. The molecule has 29 heavy (non-hydrogen) atoms. The van der Waals surface area contributed by atoms with Crippen LogP contribution in [-0.2, 0) is 14.4 Å². The van der Waals surface area contributed by atoms with Crippen molar-refractivity contribution in [1.82, 2.24) is 10.6 Å². The topological polar surface area (TPSA) is 148 Å². The fraction of sp³-hybridized carbons (Fsp3) is 0.857. The second-order valence-corrected chi connectivity index (χ2v) is 6.87. The van der Waals surface area contributed by atoms with Crippen LogP contribution in [0.1, 0.15) is 79.1 Å². The Morgan fingerprint density at radius 2 is 1.62 bits per heavy atom. The van der Waals surface area contributed by atoms with Crippen molar-refractivity contribution in [2.75, 3.05) is 19.7 Å². The second kappa shape index (κ2) is 19.8. The van der Waals surface area contributed by atoms with Crippen LogP contribution in [0.25, 0.3) is 0 Å². The van der Waals surface area contributed by atoms with E-state index in [1.165, 1.54) is 19.3 Å². The maximum Gasteiger partial charge on any atom is 0.240 e. The molecule has 0 heterocycles. The number of carbonyl (C=O) groups excluding carboxylic acids is 3. The molecule has 8 nitrogen and oxygen atoms in total. The Morgan fingerprint density at radius 1 is 1.07 bits per heavy atom. The first kappa shape index (κ1) is 29.7. The maximum absolute atomic E-state index is 11.8. The molecule has 0 aromatic carbocycles. The van der Waals surface area contributed by atoms with Crippen molar-refractivity contribution in [1.29, 1.82) is 0 Å². The van der Waals surface area contributed by atoms with Crippen molar-refractivity contribution < 1.29 is 19.5 Å². The highest BCUT2D eigenvalue weighted by Crippen LogP contribution is 2.27. The predicted octanol–water partition coefficient (Wildman–Crippen LogP) is 1.24. The van der Waals surface area contributed by atoms with Crippen LogP contribution in [0.15, 0.2) is 0 Å². The van der Waals surface area contributed by atoms with Gasteiger partial charge in [-0.2, -0.15) is 0 Å². The summed E-state index contributed by atoms with van der Waals surface area (Å²) in [6.07, 6.45) is 7.30. The summed E-state index contributed by atoms with van der Waals surface area (Å²) in [4.78, 5) is 35.2. The van der Waals surface area contributed by atoms with Crippen molar-refractivity contribution in [3.8, 4) is 0 Å². The first-order chi connectivity index (χ1) is 13.9. The Morgan fingerprint density at radius 3 is 2.10 bits per heavy atom. The molecule has 8 heteroatoms. The molecule has 0 spiro atoms. The van der Waals surface area contributed by atoms with Gasteiger partial charge in [0.15, 0.2) is 5.78 Å². The summed E-state index contributed by atoms with van der Waals surface area (Å²) in [6.45, 7) is 7.56. The molecule has 0 saturated heterocycles. The molecule has 1 saturated carbocycles. The number of ketones is 1. The largest absolute Gasteiger partial charge is 0.397 e. The summed E-state index contributed by atoms with van der Waals surface area (Å²) in [5, 5.41) is 12.7. The van der Waals surface area contributed by atoms with Crippen molar-refractivity contribution in [3.05, 3.63) is 0 Å². The predicted molar refractivity (Wildman–Crippen MR) is 117 cm³/mol. The number of Topliss-reactive ketones (excluding diaryl/α,β-unsaturated/α-hetero) is 1. The third kappa shape index (κ3) is 15.1. The number of aliphatic hydroxyl groups is 1. The quantitative estimate of drug-likeness (QED) is 0.362. The molecule has 0 aromatic heterocycles. The minimum atomic E-state index is -0.681. The highest BCUT2D eigenvalue weighted by molar-refractivity contribution is 5.91. The van der Waals surface area contributed by atoms with Crippen LogP contribution in [0.5, 0.6) is 0 Å². The van der Waals surface area contributed by atoms with Gasteiger partial charge in [0, 0.05) is 32.0 Å². The normalized spacial score (nSPS) is 15.6. The lowest BCUT2D eigenvalue weighted by Gasteiger charge is -2.27. The van der Waals surface area contributed by atoms with E-state index in [1.807, 2.05) is 13.8 Å². The number of hydrogen-bond acceptors (Lipinski definition) is 6. The van der Waals surface area contributed by atoms with Crippen LogP contribution in [0.2, 0.25) is 0 Å². The third-order valence-corrected chi connectivity index (χ3v) is 4.71. The van der Waals surface area contributed by atoms with Crippen molar-refractivity contribution in [2.24, 2.45) is 17.4 Å². The zero-order valence-electron chi connectivity index (χ0n) is 18.8. The average molecular weight is 417 g/mol. The Bertz CT molecular complexity index is 440. The Labute approximate surface area is 176 Å². The van der Waals surface area contributed by atoms with Gasteiger partial charge in [0.2, 0.25) is 11.8 Å². The Balaban J connectivity index is 0. The minimum absolute atomic E-state index is 0.0497. The van der Waals surface area contributed by atoms with Gasteiger partial charge in [0.05, 0.1) is 12.6 Å². The fourth-order valence-electron chi connectivity index (χ4n) is 3.13. The number of nitrogens with two attached hydrogens (primary N) is 2. The van der Waals surface area contributed by atoms with E-state index in [4.69, 9.17) is 16.6 Å². The van der Waals surface area contributed by atoms with Crippen molar-refractivity contribution in [3.63, 3.8) is 0 Å². The van der Waals surface area contributed by atoms with E-state index in [2.05, 4.69) is 10.6 Å². The van der Waals surface area contributed by atoms with Crippen LogP contribution < -0.4 is 22.1 Å². The fourth-order valence-corrected chi connectivity index (χ4v) is 3.13. The number of aliphatic hydroxyl groups excluding tert-OH is 1. The number of hydrogen-bond donors (Lipinski definition) is 5. The Hall–Kier alpha value is -1.51. The second-order valence-electron chi connectivity index (χ2n) is 6.87. The van der Waals surface area contributed by atoms with E-state index < -0.39 is 11.9 Å². The molecule has 2 amide bonds. The van der Waals surface area contributed by atoms with Crippen molar-refractivity contribution in [2.45, 2.75) is 91.1 Å². The molecule has 0 radical (unpaired) electrons. The first-order valence-electron chi connectivity index (χ1n) is 11.0. The summed E-state index contributed by atoms with van der Waals surface area (Å²) in [5.41, 5.74) is 11.6. The van der Waals surface area contributed by atoms with Gasteiger partial charge in [-0.25, -0.2) is 0 Å². The molecule has 0 bridgehead atoms. The molecule has 172 valence electrons.